The molecule has 0 aliphatic heterocycles. The summed E-state index contributed by atoms with van der Waals surface area (Å²) in [5.41, 5.74) is 2.28. The number of carbonyl (C=O) groups excluding carboxylic acids is 1. The molecule has 3 nitrogen and oxygen atoms in total. The maximum Gasteiger partial charge on any atom is 0.330 e. The SMILES string of the molecule is COC(=O)/C=C/Cc1ccn(-c2ccccc2)c1. The van der Waals surface area contributed by atoms with Crippen LogP contribution in [0.3, 0.4) is 0 Å². The van der Waals surface area contributed by atoms with E-state index in [1.54, 1.807) is 6.08 Å². The Labute approximate surface area is 106 Å². The summed E-state index contributed by atoms with van der Waals surface area (Å²) in [6, 6.07) is 12.1. The van der Waals surface area contributed by atoms with Gasteiger partial charge < -0.3 is 9.30 Å². The molecule has 92 valence electrons. The molecule has 0 spiro atoms. The van der Waals surface area contributed by atoms with Gasteiger partial charge >= 0.3 is 5.97 Å². The van der Waals surface area contributed by atoms with Gasteiger partial charge in [0.2, 0.25) is 0 Å². The van der Waals surface area contributed by atoms with E-state index in [1.807, 2.05) is 42.6 Å². The van der Waals surface area contributed by atoms with Crippen LogP contribution < -0.4 is 0 Å². The van der Waals surface area contributed by atoms with E-state index in [0.717, 1.165) is 17.7 Å². The molecule has 0 saturated carbocycles. The van der Waals surface area contributed by atoms with Crippen molar-refractivity contribution >= 4 is 5.97 Å². The van der Waals surface area contributed by atoms with E-state index in [9.17, 15) is 4.79 Å². The predicted molar refractivity (Wildman–Crippen MR) is 70.6 cm³/mol. The van der Waals surface area contributed by atoms with Gasteiger partial charge in [0, 0.05) is 24.2 Å². The highest BCUT2D eigenvalue weighted by Gasteiger charge is 1.97. The second-order valence-electron chi connectivity index (χ2n) is 3.89. The Kier molecular flexibility index (Phi) is 3.97. The van der Waals surface area contributed by atoms with Gasteiger partial charge in [-0.3, -0.25) is 0 Å². The molecule has 3 heteroatoms. The molecule has 0 N–H and O–H groups in total. The monoisotopic (exact) mass is 241 g/mol. The molecular weight excluding hydrogens is 226 g/mol. The number of rotatable bonds is 4. The Morgan fingerprint density at radius 3 is 2.78 bits per heavy atom. The van der Waals surface area contributed by atoms with Crippen LogP contribution >= 0.6 is 0 Å². The Bertz CT molecular complexity index is 541. The van der Waals surface area contributed by atoms with E-state index in [4.69, 9.17) is 0 Å². The smallest absolute Gasteiger partial charge is 0.330 e. The van der Waals surface area contributed by atoms with Crippen LogP contribution in [-0.2, 0) is 16.0 Å². The quantitative estimate of drug-likeness (QED) is 0.609. The molecule has 2 rings (SSSR count). The summed E-state index contributed by atoms with van der Waals surface area (Å²) in [7, 11) is 1.37. The number of para-hydroxylation sites is 1. The summed E-state index contributed by atoms with van der Waals surface area (Å²) < 4.78 is 6.59. The standard InChI is InChI=1S/C15H15NO2/c1-18-15(17)9-5-6-13-10-11-16(12-13)14-7-3-2-4-8-14/h2-5,7-12H,6H2,1H3/b9-5+. The van der Waals surface area contributed by atoms with Crippen LogP contribution in [0.1, 0.15) is 5.56 Å². The number of allylic oxidation sites excluding steroid dienone is 1. The lowest BCUT2D eigenvalue weighted by molar-refractivity contribution is -0.134. The summed E-state index contributed by atoms with van der Waals surface area (Å²) in [4.78, 5) is 10.9. The minimum atomic E-state index is -0.322. The van der Waals surface area contributed by atoms with E-state index < -0.39 is 0 Å². The summed E-state index contributed by atoms with van der Waals surface area (Å²) >= 11 is 0. The van der Waals surface area contributed by atoms with Crippen molar-refractivity contribution in [3.63, 3.8) is 0 Å². The predicted octanol–water partition coefficient (Wildman–Crippen LogP) is 2.75. The van der Waals surface area contributed by atoms with Gasteiger partial charge in [0.1, 0.15) is 0 Å². The summed E-state index contributed by atoms with van der Waals surface area (Å²) in [5, 5.41) is 0. The van der Waals surface area contributed by atoms with Crippen LogP contribution in [-0.4, -0.2) is 17.6 Å². The molecule has 0 bridgehead atoms. The first-order valence-electron chi connectivity index (χ1n) is 5.76. The molecular formula is C15H15NO2. The van der Waals surface area contributed by atoms with Crippen molar-refractivity contribution in [3.8, 4) is 5.69 Å². The number of hydrogen-bond donors (Lipinski definition) is 0. The minimum Gasteiger partial charge on any atom is -0.466 e. The number of benzene rings is 1. The lowest BCUT2D eigenvalue weighted by Crippen LogP contribution is -1.94. The second kappa shape index (κ2) is 5.87. The van der Waals surface area contributed by atoms with Crippen molar-refractivity contribution in [3.05, 3.63) is 66.5 Å². The molecule has 0 saturated heterocycles. The third-order valence-corrected chi connectivity index (χ3v) is 2.62. The molecule has 0 atom stereocenters. The highest BCUT2D eigenvalue weighted by atomic mass is 16.5. The van der Waals surface area contributed by atoms with Crippen molar-refractivity contribution in [2.45, 2.75) is 6.42 Å². The minimum absolute atomic E-state index is 0.322. The lowest BCUT2D eigenvalue weighted by atomic mass is 10.2. The summed E-state index contributed by atoms with van der Waals surface area (Å²) in [6.45, 7) is 0. The molecule has 0 fully saturated rings. The number of carbonyl (C=O) groups is 1. The average Bonchev–Trinajstić information content (AvgIpc) is 2.88. The van der Waals surface area contributed by atoms with Gasteiger partial charge in [-0.05, 0) is 30.2 Å². The number of ether oxygens (including phenoxy) is 1. The van der Waals surface area contributed by atoms with Gasteiger partial charge in [-0.15, -0.1) is 0 Å². The molecule has 0 aliphatic rings. The highest BCUT2D eigenvalue weighted by Crippen LogP contribution is 2.10. The van der Waals surface area contributed by atoms with Crippen molar-refractivity contribution in [1.29, 1.82) is 0 Å². The Morgan fingerprint density at radius 1 is 1.28 bits per heavy atom. The van der Waals surface area contributed by atoms with E-state index in [1.165, 1.54) is 13.2 Å². The maximum atomic E-state index is 10.9. The van der Waals surface area contributed by atoms with E-state index in [2.05, 4.69) is 15.5 Å². The number of methoxy groups -OCH3 is 1. The molecule has 0 amide bonds. The number of esters is 1. The Balaban J connectivity index is 2.03. The first-order valence-corrected chi connectivity index (χ1v) is 5.76. The molecule has 1 heterocycles. The summed E-state index contributed by atoms with van der Waals surface area (Å²) in [6.07, 6.45) is 8.03. The highest BCUT2D eigenvalue weighted by molar-refractivity contribution is 5.81. The van der Waals surface area contributed by atoms with Crippen molar-refractivity contribution in [1.82, 2.24) is 4.57 Å². The first kappa shape index (κ1) is 12.2. The van der Waals surface area contributed by atoms with Crippen molar-refractivity contribution in [2.75, 3.05) is 7.11 Å². The maximum absolute atomic E-state index is 10.9. The van der Waals surface area contributed by atoms with Crippen molar-refractivity contribution < 1.29 is 9.53 Å². The van der Waals surface area contributed by atoms with E-state index in [0.29, 0.717) is 0 Å². The molecule has 1 aromatic heterocycles. The largest absolute Gasteiger partial charge is 0.466 e. The van der Waals surface area contributed by atoms with Gasteiger partial charge in [0.05, 0.1) is 7.11 Å². The zero-order valence-corrected chi connectivity index (χ0v) is 10.2. The first-order chi connectivity index (χ1) is 8.79. The number of hydrogen-bond acceptors (Lipinski definition) is 2. The third-order valence-electron chi connectivity index (χ3n) is 2.62. The van der Waals surface area contributed by atoms with Gasteiger partial charge in [-0.2, -0.15) is 0 Å². The number of aromatic nitrogens is 1. The second-order valence-corrected chi connectivity index (χ2v) is 3.89. The van der Waals surface area contributed by atoms with E-state index in [-0.39, 0.29) is 5.97 Å². The molecule has 1 aromatic carbocycles. The fraction of sp³-hybridized carbons (Fsp3) is 0.133. The van der Waals surface area contributed by atoms with Gasteiger partial charge in [-0.25, -0.2) is 4.79 Å². The van der Waals surface area contributed by atoms with Crippen LogP contribution in [0.4, 0.5) is 0 Å². The van der Waals surface area contributed by atoms with Gasteiger partial charge in [-0.1, -0.05) is 24.3 Å². The average molecular weight is 241 g/mol. The van der Waals surface area contributed by atoms with Crippen LogP contribution in [0.2, 0.25) is 0 Å². The van der Waals surface area contributed by atoms with Crippen molar-refractivity contribution in [2.24, 2.45) is 0 Å². The fourth-order valence-corrected chi connectivity index (χ4v) is 1.68. The topological polar surface area (TPSA) is 31.2 Å². The zero-order valence-electron chi connectivity index (χ0n) is 10.2. The van der Waals surface area contributed by atoms with Crippen LogP contribution in [0.15, 0.2) is 60.9 Å². The third kappa shape index (κ3) is 3.10. The van der Waals surface area contributed by atoms with Crippen LogP contribution in [0.25, 0.3) is 5.69 Å². The molecule has 0 aliphatic carbocycles. The Morgan fingerprint density at radius 2 is 2.06 bits per heavy atom. The van der Waals surface area contributed by atoms with Gasteiger partial charge in [0.25, 0.3) is 0 Å². The van der Waals surface area contributed by atoms with E-state index >= 15 is 0 Å². The molecule has 0 radical (unpaired) electrons. The van der Waals surface area contributed by atoms with Crippen LogP contribution in [0, 0.1) is 0 Å². The summed E-state index contributed by atoms with van der Waals surface area (Å²) in [5.74, 6) is -0.322. The fourth-order valence-electron chi connectivity index (χ4n) is 1.68. The van der Waals surface area contributed by atoms with Crippen LogP contribution in [0.5, 0.6) is 0 Å². The number of nitrogens with zero attached hydrogens (tertiary/aromatic N) is 1. The Hall–Kier alpha value is -2.29. The zero-order chi connectivity index (χ0) is 12.8. The normalized spacial score (nSPS) is 10.7. The molecule has 2 aromatic rings. The van der Waals surface area contributed by atoms with Gasteiger partial charge in [0.15, 0.2) is 0 Å². The molecule has 18 heavy (non-hydrogen) atoms. The molecule has 0 unspecified atom stereocenters. The lowest BCUT2D eigenvalue weighted by Gasteiger charge is -2.00.